The first-order valence-corrected chi connectivity index (χ1v) is 9.57. The number of hydrogen-bond donors (Lipinski definition) is 1. The molecule has 0 aromatic carbocycles. The number of urea groups is 1. The number of aryl methyl sites for hydroxylation is 2. The van der Waals surface area contributed by atoms with Crippen molar-refractivity contribution in [2.75, 3.05) is 31.6 Å². The van der Waals surface area contributed by atoms with Crippen LogP contribution in [-0.2, 0) is 23.3 Å². The fraction of sp³-hybridized carbons (Fsp3) is 0.714. The Labute approximate surface area is 131 Å². The molecule has 124 valence electrons. The van der Waals surface area contributed by atoms with E-state index in [4.69, 9.17) is 0 Å². The lowest BCUT2D eigenvalue weighted by molar-refractivity contribution is 0.207. The van der Waals surface area contributed by atoms with Crippen molar-refractivity contribution in [3.63, 3.8) is 0 Å². The molecule has 1 aliphatic heterocycles. The molecule has 2 amide bonds. The van der Waals surface area contributed by atoms with Gasteiger partial charge in [0.1, 0.15) is 9.84 Å². The van der Waals surface area contributed by atoms with Crippen LogP contribution in [0.15, 0.2) is 12.4 Å². The minimum Gasteiger partial charge on any atom is -0.338 e. The Bertz CT molecular complexity index is 611. The molecule has 2 heterocycles. The molecule has 1 aliphatic rings. The molecular weight excluding hydrogens is 304 g/mol. The first-order valence-electron chi connectivity index (χ1n) is 7.51. The highest BCUT2D eigenvalue weighted by Crippen LogP contribution is 2.17. The van der Waals surface area contributed by atoms with Gasteiger partial charge in [0.05, 0.1) is 11.9 Å². The summed E-state index contributed by atoms with van der Waals surface area (Å²) in [6.45, 7) is 1.77. The third-order valence-corrected chi connectivity index (χ3v) is 4.87. The molecule has 7 nitrogen and oxygen atoms in total. The van der Waals surface area contributed by atoms with Crippen molar-refractivity contribution in [1.82, 2.24) is 20.0 Å². The van der Waals surface area contributed by atoms with Gasteiger partial charge in [-0.2, -0.15) is 5.10 Å². The van der Waals surface area contributed by atoms with E-state index in [0.29, 0.717) is 19.6 Å². The van der Waals surface area contributed by atoms with E-state index >= 15 is 0 Å². The summed E-state index contributed by atoms with van der Waals surface area (Å²) in [5.41, 5.74) is 1.16. The zero-order chi connectivity index (χ0) is 16.2. The van der Waals surface area contributed by atoms with Gasteiger partial charge in [-0.3, -0.25) is 4.68 Å². The highest BCUT2D eigenvalue weighted by molar-refractivity contribution is 7.90. The van der Waals surface area contributed by atoms with E-state index in [9.17, 15) is 13.2 Å². The standard InChI is InChI=1S/C14H24N4O3S/c1-17-9-12(8-16-17)4-3-6-15-14(19)18-7-5-13(10-18)11-22(2,20)21/h8-9,13H,3-7,10-11H2,1-2H3,(H,15,19). The van der Waals surface area contributed by atoms with E-state index in [1.807, 2.05) is 19.4 Å². The summed E-state index contributed by atoms with van der Waals surface area (Å²) >= 11 is 0. The quantitative estimate of drug-likeness (QED) is 0.768. The smallest absolute Gasteiger partial charge is 0.317 e. The molecule has 1 unspecified atom stereocenters. The summed E-state index contributed by atoms with van der Waals surface area (Å²) in [5.74, 6) is 0.230. The zero-order valence-electron chi connectivity index (χ0n) is 13.2. The van der Waals surface area contributed by atoms with Crippen molar-refractivity contribution in [1.29, 1.82) is 0 Å². The van der Waals surface area contributed by atoms with Crippen molar-refractivity contribution in [3.8, 4) is 0 Å². The molecule has 0 spiro atoms. The summed E-state index contributed by atoms with van der Waals surface area (Å²) in [4.78, 5) is 13.7. The van der Waals surface area contributed by atoms with Crippen molar-refractivity contribution < 1.29 is 13.2 Å². The van der Waals surface area contributed by atoms with E-state index in [2.05, 4.69) is 10.4 Å². The van der Waals surface area contributed by atoms with E-state index in [-0.39, 0.29) is 17.7 Å². The number of rotatable bonds is 6. The van der Waals surface area contributed by atoms with Gasteiger partial charge in [-0.15, -0.1) is 0 Å². The van der Waals surface area contributed by atoms with E-state index in [0.717, 1.165) is 24.8 Å². The second-order valence-electron chi connectivity index (χ2n) is 6.05. The van der Waals surface area contributed by atoms with Gasteiger partial charge in [0.2, 0.25) is 0 Å². The van der Waals surface area contributed by atoms with Gasteiger partial charge in [0.15, 0.2) is 0 Å². The Morgan fingerprint density at radius 1 is 1.50 bits per heavy atom. The molecule has 1 aromatic heterocycles. The minimum absolute atomic E-state index is 0.0659. The van der Waals surface area contributed by atoms with Crippen molar-refractivity contribution in [3.05, 3.63) is 18.0 Å². The van der Waals surface area contributed by atoms with Crippen LogP contribution in [0.25, 0.3) is 0 Å². The Kier molecular flexibility index (Phi) is 5.44. The van der Waals surface area contributed by atoms with Crippen LogP contribution in [-0.4, -0.2) is 60.8 Å². The predicted molar refractivity (Wildman–Crippen MR) is 84.3 cm³/mol. The third kappa shape index (κ3) is 5.32. The largest absolute Gasteiger partial charge is 0.338 e. The summed E-state index contributed by atoms with van der Waals surface area (Å²) in [6.07, 6.45) is 7.54. The third-order valence-electron chi connectivity index (χ3n) is 3.79. The fourth-order valence-corrected chi connectivity index (χ4v) is 3.91. The van der Waals surface area contributed by atoms with E-state index in [1.165, 1.54) is 6.26 Å². The molecule has 0 bridgehead atoms. The van der Waals surface area contributed by atoms with Crippen LogP contribution in [0.5, 0.6) is 0 Å². The lowest BCUT2D eigenvalue weighted by atomic mass is 10.2. The van der Waals surface area contributed by atoms with Gasteiger partial charge < -0.3 is 10.2 Å². The number of likely N-dealkylation sites (tertiary alicyclic amines) is 1. The monoisotopic (exact) mass is 328 g/mol. The predicted octanol–water partition coefficient (Wildman–Crippen LogP) is 0.429. The molecule has 0 radical (unpaired) electrons. The molecular formula is C14H24N4O3S. The molecule has 0 saturated carbocycles. The van der Waals surface area contributed by atoms with E-state index in [1.54, 1.807) is 9.58 Å². The maximum absolute atomic E-state index is 12.0. The van der Waals surface area contributed by atoms with Gasteiger partial charge in [0, 0.05) is 39.1 Å². The maximum atomic E-state index is 12.0. The highest BCUT2D eigenvalue weighted by atomic mass is 32.2. The number of hydrogen-bond acceptors (Lipinski definition) is 4. The average molecular weight is 328 g/mol. The number of carbonyl (C=O) groups is 1. The lowest BCUT2D eigenvalue weighted by Crippen LogP contribution is -2.39. The van der Waals surface area contributed by atoms with Gasteiger partial charge in [-0.25, -0.2) is 13.2 Å². The van der Waals surface area contributed by atoms with Crippen molar-refractivity contribution in [2.24, 2.45) is 13.0 Å². The molecule has 1 atom stereocenters. The van der Waals surface area contributed by atoms with Crippen molar-refractivity contribution >= 4 is 15.9 Å². The van der Waals surface area contributed by atoms with Crippen LogP contribution in [0.3, 0.4) is 0 Å². The van der Waals surface area contributed by atoms with Crippen LogP contribution in [0, 0.1) is 5.92 Å². The molecule has 22 heavy (non-hydrogen) atoms. The Hall–Kier alpha value is -1.57. The van der Waals surface area contributed by atoms with Crippen LogP contribution in [0.2, 0.25) is 0 Å². The molecule has 8 heteroatoms. The first kappa shape index (κ1) is 16.8. The topological polar surface area (TPSA) is 84.3 Å². The molecule has 1 N–H and O–H groups in total. The maximum Gasteiger partial charge on any atom is 0.317 e. The van der Waals surface area contributed by atoms with Crippen LogP contribution in [0.1, 0.15) is 18.4 Å². The molecule has 0 aliphatic carbocycles. The van der Waals surface area contributed by atoms with Gasteiger partial charge in [-0.1, -0.05) is 0 Å². The van der Waals surface area contributed by atoms with Gasteiger partial charge in [0.25, 0.3) is 0 Å². The fourth-order valence-electron chi connectivity index (χ4n) is 2.78. The second kappa shape index (κ2) is 7.13. The first-order chi connectivity index (χ1) is 10.3. The van der Waals surface area contributed by atoms with Gasteiger partial charge >= 0.3 is 6.03 Å². The number of nitrogens with zero attached hydrogens (tertiary/aromatic N) is 3. The molecule has 2 rings (SSSR count). The summed E-state index contributed by atoms with van der Waals surface area (Å²) in [6, 6.07) is -0.0952. The second-order valence-corrected chi connectivity index (χ2v) is 8.24. The van der Waals surface area contributed by atoms with Crippen LogP contribution < -0.4 is 5.32 Å². The lowest BCUT2D eigenvalue weighted by Gasteiger charge is -2.17. The number of sulfone groups is 1. The number of amides is 2. The summed E-state index contributed by atoms with van der Waals surface area (Å²) in [7, 11) is -1.09. The number of nitrogens with one attached hydrogen (secondary N) is 1. The van der Waals surface area contributed by atoms with Crippen LogP contribution >= 0.6 is 0 Å². The Morgan fingerprint density at radius 2 is 2.27 bits per heavy atom. The highest BCUT2D eigenvalue weighted by Gasteiger charge is 2.28. The molecule has 1 fully saturated rings. The van der Waals surface area contributed by atoms with Crippen LogP contribution in [0.4, 0.5) is 4.79 Å². The zero-order valence-corrected chi connectivity index (χ0v) is 14.0. The summed E-state index contributed by atoms with van der Waals surface area (Å²) < 4.78 is 24.3. The SMILES string of the molecule is Cn1cc(CCCNC(=O)N2CCC(CS(C)(=O)=O)C2)cn1. The van der Waals surface area contributed by atoms with Gasteiger partial charge in [-0.05, 0) is 30.7 Å². The summed E-state index contributed by atoms with van der Waals surface area (Å²) in [5, 5.41) is 7.00. The molecule has 1 saturated heterocycles. The molecule has 1 aromatic rings. The number of aromatic nitrogens is 2. The Morgan fingerprint density at radius 3 is 2.91 bits per heavy atom. The Balaban J connectivity index is 1.65. The average Bonchev–Trinajstić information content (AvgIpc) is 3.02. The minimum atomic E-state index is -2.97. The van der Waals surface area contributed by atoms with E-state index < -0.39 is 9.84 Å². The number of carbonyl (C=O) groups excluding carboxylic acids is 1. The normalized spacial score (nSPS) is 18.6. The van der Waals surface area contributed by atoms with Crippen molar-refractivity contribution in [2.45, 2.75) is 19.3 Å².